The lowest BCUT2D eigenvalue weighted by molar-refractivity contribution is -0.132. The van der Waals surface area contributed by atoms with Crippen LogP contribution < -0.4 is 14.2 Å². The van der Waals surface area contributed by atoms with Crippen LogP contribution in [0.25, 0.3) is 0 Å². The summed E-state index contributed by atoms with van der Waals surface area (Å²) >= 11 is 0. The zero-order chi connectivity index (χ0) is 23.1. The van der Waals surface area contributed by atoms with E-state index < -0.39 is 12.5 Å². The number of piperazine rings is 1. The summed E-state index contributed by atoms with van der Waals surface area (Å²) in [5, 5.41) is 0. The fourth-order valence-electron chi connectivity index (χ4n) is 3.65. The van der Waals surface area contributed by atoms with E-state index in [0.717, 1.165) is 5.56 Å². The Kier molecular flexibility index (Phi) is 7.86. The first kappa shape index (κ1) is 23.3. The third-order valence-electron chi connectivity index (χ3n) is 5.35. The fraction of sp³-hybridized carbons (Fsp3) is 0.391. The summed E-state index contributed by atoms with van der Waals surface area (Å²) in [4.78, 5) is 28.7. The van der Waals surface area contributed by atoms with Crippen molar-refractivity contribution in [3.8, 4) is 17.2 Å². The van der Waals surface area contributed by atoms with Gasteiger partial charge in [0.25, 0.3) is 5.91 Å². The maximum absolute atomic E-state index is 12.8. The number of para-hydroxylation sites is 1. The number of hydrogen-bond donors (Lipinski definition) is 0. The lowest BCUT2D eigenvalue weighted by atomic mass is 10.1. The highest BCUT2D eigenvalue weighted by Crippen LogP contribution is 2.26. The molecule has 1 heterocycles. The van der Waals surface area contributed by atoms with E-state index in [1.165, 1.54) is 18.2 Å². The van der Waals surface area contributed by atoms with E-state index in [0.29, 0.717) is 50.5 Å². The van der Waals surface area contributed by atoms with Gasteiger partial charge in [0.2, 0.25) is 5.91 Å². The number of ether oxygens (including phenoxy) is 3. The molecule has 2 aromatic carbocycles. The molecular weight excluding hydrogens is 422 g/mol. The Balaban J connectivity index is 1.56. The molecule has 0 bridgehead atoms. The molecule has 1 fully saturated rings. The van der Waals surface area contributed by atoms with Crippen LogP contribution in [0.15, 0.2) is 42.5 Å². The maximum atomic E-state index is 12.8. The summed E-state index contributed by atoms with van der Waals surface area (Å²) in [6, 6.07) is 11.4. The second kappa shape index (κ2) is 10.8. The van der Waals surface area contributed by atoms with Crippen LogP contribution in [0.5, 0.6) is 17.2 Å². The van der Waals surface area contributed by atoms with Gasteiger partial charge in [0.1, 0.15) is 17.2 Å². The van der Waals surface area contributed by atoms with Crippen LogP contribution in [0.4, 0.5) is 8.78 Å². The van der Waals surface area contributed by atoms with E-state index in [9.17, 15) is 18.4 Å². The molecule has 0 saturated carbocycles. The monoisotopic (exact) mass is 448 g/mol. The Bertz CT molecular complexity index is 946. The quantitative estimate of drug-likeness (QED) is 0.620. The van der Waals surface area contributed by atoms with E-state index in [1.54, 1.807) is 42.2 Å². The number of rotatable bonds is 8. The second-order valence-corrected chi connectivity index (χ2v) is 7.23. The molecule has 0 atom stereocenters. The van der Waals surface area contributed by atoms with Gasteiger partial charge in [0.05, 0.1) is 19.8 Å². The SMILES string of the molecule is COc1ccc(OC)c(CCC(=O)N2CCN(C(=O)c3ccccc3OC(F)F)CC2)c1. The molecule has 9 heteroatoms. The van der Waals surface area contributed by atoms with Crippen LogP contribution in [0.1, 0.15) is 22.3 Å². The van der Waals surface area contributed by atoms with Gasteiger partial charge in [0, 0.05) is 32.6 Å². The number of carbonyl (C=O) groups is 2. The first-order valence-corrected chi connectivity index (χ1v) is 10.2. The molecule has 2 aromatic rings. The largest absolute Gasteiger partial charge is 0.497 e. The predicted octanol–water partition coefficient (Wildman–Crippen LogP) is 3.22. The van der Waals surface area contributed by atoms with Gasteiger partial charge in [-0.1, -0.05) is 12.1 Å². The highest BCUT2D eigenvalue weighted by Gasteiger charge is 2.27. The van der Waals surface area contributed by atoms with Crippen molar-refractivity contribution in [2.24, 2.45) is 0 Å². The van der Waals surface area contributed by atoms with Crippen molar-refractivity contribution in [2.75, 3.05) is 40.4 Å². The molecular formula is C23H26F2N2O5. The minimum absolute atomic E-state index is 0.0246. The second-order valence-electron chi connectivity index (χ2n) is 7.23. The van der Waals surface area contributed by atoms with Crippen molar-refractivity contribution in [3.63, 3.8) is 0 Å². The topological polar surface area (TPSA) is 68.3 Å². The molecule has 0 N–H and O–H groups in total. The molecule has 172 valence electrons. The van der Waals surface area contributed by atoms with Gasteiger partial charge in [0.15, 0.2) is 0 Å². The van der Waals surface area contributed by atoms with Crippen molar-refractivity contribution in [1.29, 1.82) is 0 Å². The van der Waals surface area contributed by atoms with E-state index in [4.69, 9.17) is 9.47 Å². The van der Waals surface area contributed by atoms with Crippen molar-refractivity contribution in [2.45, 2.75) is 19.5 Å². The zero-order valence-corrected chi connectivity index (χ0v) is 18.1. The van der Waals surface area contributed by atoms with Crippen molar-refractivity contribution >= 4 is 11.8 Å². The Morgan fingerprint density at radius 2 is 1.62 bits per heavy atom. The Hall–Kier alpha value is -3.36. The summed E-state index contributed by atoms with van der Waals surface area (Å²) in [5.74, 6) is 0.811. The Morgan fingerprint density at radius 3 is 2.28 bits per heavy atom. The molecule has 1 aliphatic heterocycles. The third kappa shape index (κ3) is 5.66. The number of methoxy groups -OCH3 is 2. The van der Waals surface area contributed by atoms with Crippen molar-refractivity contribution in [1.82, 2.24) is 9.80 Å². The highest BCUT2D eigenvalue weighted by atomic mass is 19.3. The van der Waals surface area contributed by atoms with Crippen molar-refractivity contribution in [3.05, 3.63) is 53.6 Å². The summed E-state index contributed by atoms with van der Waals surface area (Å²) in [6.45, 7) is -1.64. The molecule has 0 aromatic heterocycles. The summed E-state index contributed by atoms with van der Waals surface area (Å²) in [6.07, 6.45) is 0.791. The Labute approximate surface area is 185 Å². The first-order chi connectivity index (χ1) is 15.4. The average molecular weight is 448 g/mol. The van der Waals surface area contributed by atoms with Crippen LogP contribution in [0.3, 0.4) is 0 Å². The molecule has 32 heavy (non-hydrogen) atoms. The van der Waals surface area contributed by atoms with E-state index >= 15 is 0 Å². The van der Waals surface area contributed by atoms with Crippen molar-refractivity contribution < 1.29 is 32.6 Å². The molecule has 1 aliphatic rings. The highest BCUT2D eigenvalue weighted by molar-refractivity contribution is 5.97. The number of halogens is 2. The summed E-state index contributed by atoms with van der Waals surface area (Å²) < 4.78 is 40.3. The smallest absolute Gasteiger partial charge is 0.387 e. The third-order valence-corrected chi connectivity index (χ3v) is 5.35. The van der Waals surface area contributed by atoms with E-state index in [-0.39, 0.29) is 17.2 Å². The zero-order valence-electron chi connectivity index (χ0n) is 18.1. The average Bonchev–Trinajstić information content (AvgIpc) is 2.82. The van der Waals surface area contributed by atoms with Crippen LogP contribution >= 0.6 is 0 Å². The van der Waals surface area contributed by atoms with Gasteiger partial charge in [-0.3, -0.25) is 9.59 Å². The number of benzene rings is 2. The van der Waals surface area contributed by atoms with E-state index in [1.807, 2.05) is 6.07 Å². The number of carbonyl (C=O) groups excluding carboxylic acids is 2. The normalized spacial score (nSPS) is 13.8. The van der Waals surface area contributed by atoms with Gasteiger partial charge in [-0.15, -0.1) is 0 Å². The number of aryl methyl sites for hydroxylation is 1. The maximum Gasteiger partial charge on any atom is 0.387 e. The predicted molar refractivity (Wildman–Crippen MR) is 113 cm³/mol. The molecule has 1 saturated heterocycles. The van der Waals surface area contributed by atoms with Gasteiger partial charge < -0.3 is 24.0 Å². The van der Waals surface area contributed by atoms with Crippen LogP contribution in [0, 0.1) is 0 Å². The van der Waals surface area contributed by atoms with Gasteiger partial charge in [-0.2, -0.15) is 8.78 Å². The van der Waals surface area contributed by atoms with Gasteiger partial charge in [-0.05, 0) is 42.3 Å². The molecule has 0 radical (unpaired) electrons. The number of alkyl halides is 2. The minimum Gasteiger partial charge on any atom is -0.497 e. The number of nitrogens with zero attached hydrogens (tertiary/aromatic N) is 2. The minimum atomic E-state index is -3.01. The van der Waals surface area contributed by atoms with Crippen LogP contribution in [-0.2, 0) is 11.2 Å². The van der Waals surface area contributed by atoms with Gasteiger partial charge in [-0.25, -0.2) is 0 Å². The molecule has 0 spiro atoms. The Morgan fingerprint density at radius 1 is 0.938 bits per heavy atom. The lowest BCUT2D eigenvalue weighted by Gasteiger charge is -2.35. The standard InChI is InChI=1S/C23H26F2N2O5/c1-30-17-8-9-19(31-2)16(15-17)7-10-21(28)26-11-13-27(14-12-26)22(29)18-5-3-4-6-20(18)32-23(24)25/h3-6,8-9,15,23H,7,10-14H2,1-2H3. The van der Waals surface area contributed by atoms with Crippen LogP contribution in [0.2, 0.25) is 0 Å². The number of amides is 2. The molecule has 7 nitrogen and oxygen atoms in total. The lowest BCUT2D eigenvalue weighted by Crippen LogP contribution is -2.50. The van der Waals surface area contributed by atoms with Crippen LogP contribution in [-0.4, -0.2) is 68.6 Å². The van der Waals surface area contributed by atoms with Gasteiger partial charge >= 0.3 is 6.61 Å². The first-order valence-electron chi connectivity index (χ1n) is 10.2. The molecule has 2 amide bonds. The summed E-state index contributed by atoms with van der Waals surface area (Å²) in [5.41, 5.74) is 0.961. The molecule has 3 rings (SSSR count). The molecule has 0 unspecified atom stereocenters. The summed E-state index contributed by atoms with van der Waals surface area (Å²) in [7, 11) is 3.16. The fourth-order valence-corrected chi connectivity index (χ4v) is 3.65. The van der Waals surface area contributed by atoms with E-state index in [2.05, 4.69) is 4.74 Å². The molecule has 0 aliphatic carbocycles. The number of hydrogen-bond acceptors (Lipinski definition) is 5.